The van der Waals surface area contributed by atoms with Gasteiger partial charge in [-0.3, -0.25) is 14.4 Å². The number of ether oxygens (including phenoxy) is 4. The summed E-state index contributed by atoms with van der Waals surface area (Å²) in [5, 5.41) is 17.2. The lowest BCUT2D eigenvalue weighted by atomic mass is 9.81. The number of benzene rings is 1. The number of fused-ring (bicyclic) bond motifs is 2. The van der Waals surface area contributed by atoms with Crippen molar-refractivity contribution in [1.29, 1.82) is 0 Å². The largest absolute Gasteiger partial charge is 0.497 e. The number of nitrogens with two attached hydrogens (primary N) is 1. The Hall–Kier alpha value is -4.78. The van der Waals surface area contributed by atoms with Gasteiger partial charge in [0, 0.05) is 37.8 Å². The third-order valence-electron chi connectivity index (χ3n) is 8.75. The van der Waals surface area contributed by atoms with E-state index in [1.54, 1.807) is 69.3 Å². The molecule has 2 bridgehead atoms. The summed E-state index contributed by atoms with van der Waals surface area (Å²) in [4.78, 5) is 54.3. The van der Waals surface area contributed by atoms with Crippen molar-refractivity contribution < 1.29 is 43.2 Å². The van der Waals surface area contributed by atoms with Gasteiger partial charge in [-0.2, -0.15) is 0 Å². The van der Waals surface area contributed by atoms with E-state index in [-0.39, 0.29) is 47.0 Å². The van der Waals surface area contributed by atoms with Crippen LogP contribution in [0.25, 0.3) is 5.57 Å². The fourth-order valence-electron chi connectivity index (χ4n) is 6.06. The number of carbonyl (C=O) groups is 4. The molecule has 3 rings (SSSR count). The monoisotopic (exact) mass is 691 g/mol. The maximum Gasteiger partial charge on any atom is 0.405 e. The van der Waals surface area contributed by atoms with Gasteiger partial charge >= 0.3 is 6.09 Å². The first-order valence-corrected chi connectivity index (χ1v) is 16.4. The highest BCUT2D eigenvalue weighted by atomic mass is 16.6. The van der Waals surface area contributed by atoms with Crippen LogP contribution in [-0.4, -0.2) is 81.0 Å². The van der Waals surface area contributed by atoms with Crippen molar-refractivity contribution in [3.8, 4) is 5.75 Å². The maximum atomic E-state index is 14.4. The van der Waals surface area contributed by atoms with E-state index < -0.39 is 53.9 Å². The lowest BCUT2D eigenvalue weighted by Gasteiger charge is -2.30. The third-order valence-corrected chi connectivity index (χ3v) is 8.75. The highest BCUT2D eigenvalue weighted by Gasteiger charge is 2.38. The number of carbonyl (C=O) groups excluding carboxylic acids is 4. The van der Waals surface area contributed by atoms with Gasteiger partial charge in [-0.25, -0.2) is 4.79 Å². The van der Waals surface area contributed by atoms with E-state index in [0.29, 0.717) is 23.3 Å². The summed E-state index contributed by atoms with van der Waals surface area (Å²) in [5.74, 6) is -1.79. The number of allylic oxidation sites excluding steroid dienone is 4. The van der Waals surface area contributed by atoms with Crippen LogP contribution in [0, 0.1) is 11.8 Å². The minimum Gasteiger partial charge on any atom is -0.497 e. The second kappa shape index (κ2) is 18.3. The summed E-state index contributed by atoms with van der Waals surface area (Å²) in [6.45, 7) is 10.9. The van der Waals surface area contributed by atoms with E-state index in [9.17, 15) is 24.3 Å². The van der Waals surface area contributed by atoms with Gasteiger partial charge < -0.3 is 40.4 Å². The second-order valence-corrected chi connectivity index (χ2v) is 12.5. The predicted octanol–water partition coefficient (Wildman–Crippen LogP) is 4.07. The molecule has 6 atom stereocenters. The molecule has 1 aromatic carbocycles. The topological polar surface area (TPSA) is 176 Å². The number of ketones is 2. The lowest BCUT2D eigenvalue weighted by Crippen LogP contribution is -2.39. The highest BCUT2D eigenvalue weighted by Crippen LogP contribution is 2.34. The Morgan fingerprint density at radius 1 is 1.08 bits per heavy atom. The first kappa shape index (κ1) is 39.7. The molecule has 2 amide bonds. The minimum absolute atomic E-state index is 0.0228. The summed E-state index contributed by atoms with van der Waals surface area (Å²) in [7, 11) is 4.44. The molecule has 0 radical (unpaired) electrons. The number of aliphatic hydroxyl groups excluding tert-OH is 1. The second-order valence-electron chi connectivity index (χ2n) is 12.5. The molecule has 270 valence electrons. The molecule has 0 saturated heterocycles. The van der Waals surface area contributed by atoms with E-state index in [0.717, 1.165) is 0 Å². The smallest absolute Gasteiger partial charge is 0.405 e. The molecule has 0 aromatic heterocycles. The number of hydrogen-bond acceptors (Lipinski definition) is 10. The Morgan fingerprint density at radius 2 is 1.76 bits per heavy atom. The molecule has 5 N–H and O–H groups in total. The quantitative estimate of drug-likeness (QED) is 0.230. The van der Waals surface area contributed by atoms with Crippen molar-refractivity contribution in [2.24, 2.45) is 17.6 Å². The summed E-state index contributed by atoms with van der Waals surface area (Å²) in [6, 6.07) is 6.62. The van der Waals surface area contributed by atoms with Crippen LogP contribution in [0.2, 0.25) is 0 Å². The number of rotatable bonds is 8. The maximum absolute atomic E-state index is 14.4. The zero-order valence-electron chi connectivity index (χ0n) is 29.8. The van der Waals surface area contributed by atoms with Crippen LogP contribution in [0.15, 0.2) is 89.3 Å². The van der Waals surface area contributed by atoms with Gasteiger partial charge in [-0.15, -0.1) is 6.58 Å². The third kappa shape index (κ3) is 9.68. The molecule has 12 heteroatoms. The van der Waals surface area contributed by atoms with Crippen molar-refractivity contribution >= 4 is 29.1 Å². The van der Waals surface area contributed by atoms with Gasteiger partial charge in [-0.05, 0) is 55.9 Å². The molecular weight excluding hydrogens is 642 g/mol. The Balaban J connectivity index is 2.25. The zero-order chi connectivity index (χ0) is 37.1. The molecular formula is C38H49N3O9. The number of hydrogen-bond donors (Lipinski definition) is 4. The number of nitrogens with one attached hydrogen (secondary N) is 2. The number of Topliss-reactive ketones (excluding diaryl/α,β-unsaturated/α-hetero) is 2. The van der Waals surface area contributed by atoms with Gasteiger partial charge in [0.1, 0.15) is 17.6 Å². The van der Waals surface area contributed by atoms with E-state index in [4.69, 9.17) is 24.7 Å². The molecule has 2 aliphatic rings. The van der Waals surface area contributed by atoms with Crippen LogP contribution >= 0.6 is 0 Å². The molecule has 0 fully saturated rings. The average molecular weight is 692 g/mol. The van der Waals surface area contributed by atoms with Crippen LogP contribution in [0.3, 0.4) is 0 Å². The van der Waals surface area contributed by atoms with Crippen LogP contribution < -0.4 is 21.1 Å². The molecule has 0 unspecified atom stereocenters. The molecule has 1 aliphatic heterocycles. The SMILES string of the molecule is C=CCNC1=C2C[C@@H](C)C[C@H](OC)[C@H](O)[C@@H](C)/C=C(\C)[C@H](OC(N)=O)[C@@H](OC)/C=C\C=C(/C)C(=O)NC(=C(c3ccc(OC)cc3)C1=O)C2=O. The van der Waals surface area contributed by atoms with Crippen LogP contribution in [0.1, 0.15) is 46.1 Å². The van der Waals surface area contributed by atoms with Crippen molar-refractivity contribution in [2.45, 2.75) is 65.0 Å². The van der Waals surface area contributed by atoms with Crippen molar-refractivity contribution in [3.63, 3.8) is 0 Å². The van der Waals surface area contributed by atoms with Crippen molar-refractivity contribution in [3.05, 3.63) is 94.9 Å². The normalized spacial score (nSPS) is 28.5. The molecule has 12 nitrogen and oxygen atoms in total. The van der Waals surface area contributed by atoms with E-state index in [1.165, 1.54) is 27.4 Å². The van der Waals surface area contributed by atoms with Crippen molar-refractivity contribution in [2.75, 3.05) is 27.9 Å². The Bertz CT molecular complexity index is 1600. The Kier molecular flexibility index (Phi) is 14.5. The number of amides is 2. The van der Waals surface area contributed by atoms with E-state index >= 15 is 0 Å². The number of aliphatic hydroxyl groups is 1. The summed E-state index contributed by atoms with van der Waals surface area (Å²) in [6.07, 6.45) is 4.01. The Morgan fingerprint density at radius 3 is 2.34 bits per heavy atom. The van der Waals surface area contributed by atoms with E-state index in [1.807, 2.05) is 6.92 Å². The fourth-order valence-corrected chi connectivity index (χ4v) is 6.06. The van der Waals surface area contributed by atoms with Gasteiger partial charge in [-0.1, -0.05) is 56.4 Å². The van der Waals surface area contributed by atoms with Crippen molar-refractivity contribution in [1.82, 2.24) is 10.6 Å². The van der Waals surface area contributed by atoms with Gasteiger partial charge in [0.25, 0.3) is 5.91 Å². The van der Waals surface area contributed by atoms with Crippen LogP contribution in [0.5, 0.6) is 5.75 Å². The van der Waals surface area contributed by atoms with E-state index in [2.05, 4.69) is 17.2 Å². The minimum atomic E-state index is -1.01. The van der Waals surface area contributed by atoms with Crippen LogP contribution in [-0.2, 0) is 28.6 Å². The first-order chi connectivity index (χ1) is 23.8. The molecule has 0 spiro atoms. The molecule has 1 heterocycles. The first-order valence-electron chi connectivity index (χ1n) is 16.4. The van der Waals surface area contributed by atoms with Gasteiger partial charge in [0.15, 0.2) is 6.10 Å². The number of primary amides is 1. The molecule has 0 saturated carbocycles. The summed E-state index contributed by atoms with van der Waals surface area (Å²) in [5.41, 5.74) is 6.76. The zero-order valence-corrected chi connectivity index (χ0v) is 29.8. The molecule has 50 heavy (non-hydrogen) atoms. The lowest BCUT2D eigenvalue weighted by molar-refractivity contribution is -0.120. The highest BCUT2D eigenvalue weighted by molar-refractivity contribution is 6.39. The Labute approximate surface area is 293 Å². The average Bonchev–Trinajstić information content (AvgIpc) is 3.09. The fraction of sp³-hybridized carbons (Fsp3) is 0.421. The molecule has 1 aromatic rings. The van der Waals surface area contributed by atoms with Gasteiger partial charge in [0.2, 0.25) is 11.6 Å². The van der Waals surface area contributed by atoms with Gasteiger partial charge in [0.05, 0.1) is 30.6 Å². The predicted molar refractivity (Wildman–Crippen MR) is 190 cm³/mol. The standard InChI is InChI=1S/C38H49N3O9/c1-9-17-40-31-27-18-21(2)19-29(49-8)33(42)23(4)20-24(5)36(50-38(39)46)28(48-7)12-10-11-22(3)37(45)41-32(34(27)43)30(35(31)44)25-13-15-26(47-6)16-14-25/h9-16,20-21,23,28-29,33,36,40,42H,1,17-19H2,2-8H3,(H2,39,46)(H,41,45)/b12-10-,22-11+,24-20+/t21-,23+,28+,29+,33-,36+/m1/s1. The summed E-state index contributed by atoms with van der Waals surface area (Å²) < 4.78 is 22.1. The van der Waals surface area contributed by atoms with Crippen LogP contribution in [0.4, 0.5) is 4.79 Å². The number of methoxy groups -OCH3 is 3. The summed E-state index contributed by atoms with van der Waals surface area (Å²) >= 11 is 0. The molecule has 1 aliphatic carbocycles.